The molecule has 2 rings (SSSR count). The van der Waals surface area contributed by atoms with Crippen molar-refractivity contribution in [1.82, 2.24) is 10.9 Å². The highest BCUT2D eigenvalue weighted by atomic mass is 32.1. The molecule has 0 aliphatic rings. The van der Waals surface area contributed by atoms with Gasteiger partial charge in [-0.1, -0.05) is 19.9 Å². The number of ether oxygens (including phenoxy) is 1. The predicted molar refractivity (Wildman–Crippen MR) is 100 cm³/mol. The molecule has 5 nitrogen and oxygen atoms in total. The Bertz CT molecular complexity index is 707. The fraction of sp³-hybridized carbons (Fsp3) is 0.263. The fourth-order valence-electron chi connectivity index (χ4n) is 1.89. The standard InChI is InChI=1S/C19H22N2O3S/c1-14(2)11-12-24-16-7-5-15(6-8-16)19(23)21-20-18(22)10-9-17-4-3-13-25-17/h3-10,13-14H,11-12H2,1-2H3,(H,20,22)(H,21,23). The highest BCUT2D eigenvalue weighted by molar-refractivity contribution is 7.10. The summed E-state index contributed by atoms with van der Waals surface area (Å²) in [5.74, 6) is 0.532. The van der Waals surface area contributed by atoms with E-state index < -0.39 is 5.91 Å². The van der Waals surface area contributed by atoms with Gasteiger partial charge in [-0.3, -0.25) is 20.4 Å². The first-order valence-electron chi connectivity index (χ1n) is 8.09. The Labute approximate surface area is 151 Å². The van der Waals surface area contributed by atoms with Crippen LogP contribution in [0.2, 0.25) is 0 Å². The third-order valence-corrected chi connectivity index (χ3v) is 4.16. The van der Waals surface area contributed by atoms with Crippen LogP contribution in [0.3, 0.4) is 0 Å². The topological polar surface area (TPSA) is 67.4 Å². The number of thiophene rings is 1. The van der Waals surface area contributed by atoms with Crippen LogP contribution in [0.15, 0.2) is 47.9 Å². The molecule has 1 aromatic carbocycles. The van der Waals surface area contributed by atoms with Gasteiger partial charge in [0, 0.05) is 16.5 Å². The Kier molecular flexibility index (Phi) is 7.22. The van der Waals surface area contributed by atoms with Crippen LogP contribution in [0, 0.1) is 5.92 Å². The minimum Gasteiger partial charge on any atom is -0.494 e. The summed E-state index contributed by atoms with van der Waals surface area (Å²) in [5, 5.41) is 1.93. The molecule has 0 atom stereocenters. The van der Waals surface area contributed by atoms with E-state index in [2.05, 4.69) is 24.7 Å². The van der Waals surface area contributed by atoms with E-state index in [1.807, 2.05) is 17.5 Å². The summed E-state index contributed by atoms with van der Waals surface area (Å²) < 4.78 is 5.61. The molecular weight excluding hydrogens is 336 g/mol. The van der Waals surface area contributed by atoms with Crippen molar-refractivity contribution in [2.75, 3.05) is 6.61 Å². The Balaban J connectivity index is 1.77. The van der Waals surface area contributed by atoms with Crippen molar-refractivity contribution in [2.45, 2.75) is 20.3 Å². The zero-order valence-electron chi connectivity index (χ0n) is 14.3. The summed E-state index contributed by atoms with van der Waals surface area (Å²) in [7, 11) is 0. The number of rotatable bonds is 7. The van der Waals surface area contributed by atoms with Gasteiger partial charge >= 0.3 is 0 Å². The van der Waals surface area contributed by atoms with Crippen molar-refractivity contribution in [3.05, 3.63) is 58.3 Å². The maximum Gasteiger partial charge on any atom is 0.269 e. The largest absolute Gasteiger partial charge is 0.494 e. The van der Waals surface area contributed by atoms with Crippen molar-refractivity contribution in [1.29, 1.82) is 0 Å². The second kappa shape index (κ2) is 9.64. The highest BCUT2D eigenvalue weighted by Gasteiger charge is 2.06. The number of hydrazine groups is 1. The van der Waals surface area contributed by atoms with Gasteiger partial charge in [-0.15, -0.1) is 11.3 Å². The summed E-state index contributed by atoms with van der Waals surface area (Å²) in [4.78, 5) is 24.6. The smallest absolute Gasteiger partial charge is 0.269 e. The van der Waals surface area contributed by atoms with Gasteiger partial charge in [0.05, 0.1) is 6.61 Å². The molecule has 1 aromatic heterocycles. The van der Waals surface area contributed by atoms with Gasteiger partial charge in [-0.2, -0.15) is 0 Å². The van der Waals surface area contributed by atoms with Crippen LogP contribution in [-0.4, -0.2) is 18.4 Å². The quantitative estimate of drug-likeness (QED) is 0.586. The average molecular weight is 358 g/mol. The van der Waals surface area contributed by atoms with E-state index in [0.717, 1.165) is 17.0 Å². The molecule has 0 fully saturated rings. The molecule has 2 amide bonds. The monoisotopic (exact) mass is 358 g/mol. The molecule has 0 aliphatic heterocycles. The second-order valence-electron chi connectivity index (χ2n) is 5.85. The van der Waals surface area contributed by atoms with Crippen LogP contribution in [0.4, 0.5) is 0 Å². The van der Waals surface area contributed by atoms with E-state index in [4.69, 9.17) is 4.74 Å². The summed E-state index contributed by atoms with van der Waals surface area (Å²) in [6.07, 6.45) is 4.04. The maximum atomic E-state index is 12.0. The van der Waals surface area contributed by atoms with Crippen molar-refractivity contribution in [3.8, 4) is 5.75 Å². The molecule has 6 heteroatoms. The molecule has 1 heterocycles. The lowest BCUT2D eigenvalue weighted by Gasteiger charge is -2.09. The van der Waals surface area contributed by atoms with Crippen LogP contribution in [0.25, 0.3) is 6.08 Å². The van der Waals surface area contributed by atoms with Gasteiger partial charge in [0.15, 0.2) is 0 Å². The van der Waals surface area contributed by atoms with Crippen molar-refractivity contribution in [3.63, 3.8) is 0 Å². The van der Waals surface area contributed by atoms with Gasteiger partial charge in [0.2, 0.25) is 0 Å². The predicted octanol–water partition coefficient (Wildman–Crippen LogP) is 3.65. The first kappa shape index (κ1) is 18.7. The molecule has 132 valence electrons. The van der Waals surface area contributed by atoms with Crippen LogP contribution in [0.5, 0.6) is 5.75 Å². The molecular formula is C19H22N2O3S. The van der Waals surface area contributed by atoms with E-state index in [0.29, 0.717) is 18.1 Å². The van der Waals surface area contributed by atoms with E-state index in [-0.39, 0.29) is 5.91 Å². The van der Waals surface area contributed by atoms with Crippen LogP contribution < -0.4 is 15.6 Å². The molecule has 25 heavy (non-hydrogen) atoms. The first-order chi connectivity index (χ1) is 12.0. The van der Waals surface area contributed by atoms with E-state index in [9.17, 15) is 9.59 Å². The van der Waals surface area contributed by atoms with Gasteiger partial charge < -0.3 is 4.74 Å². The summed E-state index contributed by atoms with van der Waals surface area (Å²) in [6, 6.07) is 10.6. The van der Waals surface area contributed by atoms with Crippen LogP contribution in [0.1, 0.15) is 35.5 Å². The van der Waals surface area contributed by atoms with Gasteiger partial charge in [0.25, 0.3) is 11.8 Å². The second-order valence-corrected chi connectivity index (χ2v) is 6.83. The highest BCUT2D eigenvalue weighted by Crippen LogP contribution is 2.13. The maximum absolute atomic E-state index is 12.0. The Hall–Kier alpha value is -2.60. The Morgan fingerprint density at radius 2 is 1.92 bits per heavy atom. The molecule has 0 radical (unpaired) electrons. The third kappa shape index (κ3) is 6.81. The Morgan fingerprint density at radius 3 is 2.56 bits per heavy atom. The summed E-state index contributed by atoms with van der Waals surface area (Å²) in [6.45, 7) is 4.93. The average Bonchev–Trinajstić information content (AvgIpc) is 3.11. The molecule has 2 aromatic rings. The summed E-state index contributed by atoms with van der Waals surface area (Å²) in [5.41, 5.74) is 5.18. The molecule has 0 aliphatic carbocycles. The van der Waals surface area contributed by atoms with E-state index in [1.165, 1.54) is 17.4 Å². The third-order valence-electron chi connectivity index (χ3n) is 3.32. The normalized spacial score (nSPS) is 10.8. The number of amides is 2. The number of carbonyl (C=O) groups is 2. The number of hydrogen-bond donors (Lipinski definition) is 2. The molecule has 0 saturated heterocycles. The van der Waals surface area contributed by atoms with Gasteiger partial charge in [-0.05, 0) is 54.1 Å². The van der Waals surface area contributed by atoms with Crippen molar-refractivity contribution in [2.24, 2.45) is 5.92 Å². The summed E-state index contributed by atoms with van der Waals surface area (Å²) >= 11 is 1.53. The molecule has 0 spiro atoms. The lowest BCUT2D eigenvalue weighted by Crippen LogP contribution is -2.40. The number of carbonyl (C=O) groups excluding carboxylic acids is 2. The van der Waals surface area contributed by atoms with Crippen LogP contribution >= 0.6 is 11.3 Å². The SMILES string of the molecule is CC(C)CCOc1ccc(C(=O)NNC(=O)C=Cc2cccs2)cc1. The molecule has 0 saturated carbocycles. The first-order valence-corrected chi connectivity index (χ1v) is 8.97. The lowest BCUT2D eigenvalue weighted by atomic mass is 10.1. The van der Waals surface area contributed by atoms with Crippen molar-refractivity contribution < 1.29 is 14.3 Å². The van der Waals surface area contributed by atoms with Crippen LogP contribution in [-0.2, 0) is 4.79 Å². The number of hydrogen-bond acceptors (Lipinski definition) is 4. The molecule has 0 bridgehead atoms. The minimum atomic E-state index is -0.393. The number of nitrogens with one attached hydrogen (secondary N) is 2. The zero-order chi connectivity index (χ0) is 18.1. The fourth-order valence-corrected chi connectivity index (χ4v) is 2.51. The number of benzene rings is 1. The molecule has 2 N–H and O–H groups in total. The van der Waals surface area contributed by atoms with E-state index >= 15 is 0 Å². The van der Waals surface area contributed by atoms with Crippen molar-refractivity contribution >= 4 is 29.2 Å². The zero-order valence-corrected chi connectivity index (χ0v) is 15.1. The minimum absolute atomic E-state index is 0.383. The van der Waals surface area contributed by atoms with E-state index in [1.54, 1.807) is 30.3 Å². The van der Waals surface area contributed by atoms with Gasteiger partial charge in [0.1, 0.15) is 5.75 Å². The lowest BCUT2D eigenvalue weighted by molar-refractivity contribution is -0.117. The van der Waals surface area contributed by atoms with Gasteiger partial charge in [-0.25, -0.2) is 0 Å². The molecule has 0 unspecified atom stereocenters. The Morgan fingerprint density at radius 1 is 1.16 bits per heavy atom.